The highest BCUT2D eigenvalue weighted by atomic mass is 32.2. The summed E-state index contributed by atoms with van der Waals surface area (Å²) in [4.78, 5) is 20.7. The Labute approximate surface area is 263 Å². The highest BCUT2D eigenvalue weighted by Crippen LogP contribution is 2.31. The molecule has 0 aromatic heterocycles. The molecule has 0 unspecified atom stereocenters. The zero-order valence-corrected chi connectivity index (χ0v) is 26.8. The van der Waals surface area contributed by atoms with Gasteiger partial charge in [-0.3, -0.25) is 20.2 Å². The Morgan fingerprint density at radius 1 is 0.822 bits per heavy atom. The van der Waals surface area contributed by atoms with Gasteiger partial charge in [0.15, 0.2) is 6.29 Å². The van der Waals surface area contributed by atoms with Crippen molar-refractivity contribution < 1.29 is 36.2 Å². The predicted molar refractivity (Wildman–Crippen MR) is 166 cm³/mol. The summed E-state index contributed by atoms with van der Waals surface area (Å²) in [6.45, 7) is 8.23. The summed E-state index contributed by atoms with van der Waals surface area (Å²) in [6.07, 6.45) is 5.46. The lowest BCUT2D eigenvalue weighted by molar-refractivity contribution is -0.385. The Morgan fingerprint density at radius 2 is 1.24 bits per heavy atom. The Bertz CT molecular complexity index is 1560. The fraction of sp³-hybridized carbons (Fsp3) is 0.448. The lowest BCUT2D eigenvalue weighted by Gasteiger charge is -2.31. The maximum absolute atomic E-state index is 13.9. The van der Waals surface area contributed by atoms with Gasteiger partial charge in [-0.2, -0.15) is 8.61 Å². The van der Waals surface area contributed by atoms with E-state index in [9.17, 15) is 37.1 Å². The second-order valence-corrected chi connectivity index (χ2v) is 13.8. The maximum Gasteiger partial charge on any atom is 0.269 e. The van der Waals surface area contributed by atoms with Gasteiger partial charge in [-0.05, 0) is 63.8 Å². The van der Waals surface area contributed by atoms with E-state index < -0.39 is 48.3 Å². The van der Waals surface area contributed by atoms with Crippen LogP contribution >= 0.6 is 0 Å². The smallest absolute Gasteiger partial charge is 0.269 e. The summed E-state index contributed by atoms with van der Waals surface area (Å²) in [7, 11) is -8.33. The fourth-order valence-electron chi connectivity index (χ4n) is 4.99. The van der Waals surface area contributed by atoms with E-state index in [1.165, 1.54) is 32.9 Å². The van der Waals surface area contributed by atoms with Crippen molar-refractivity contribution in [2.24, 2.45) is 0 Å². The van der Waals surface area contributed by atoms with Gasteiger partial charge in [0.1, 0.15) is 0 Å². The van der Waals surface area contributed by atoms with Gasteiger partial charge in [0, 0.05) is 62.7 Å². The number of hydrogen-bond donors (Lipinski definition) is 0. The van der Waals surface area contributed by atoms with Crippen LogP contribution < -0.4 is 0 Å². The Morgan fingerprint density at radius 3 is 1.62 bits per heavy atom. The third-order valence-electron chi connectivity index (χ3n) is 7.16. The zero-order valence-electron chi connectivity index (χ0n) is 25.1. The molecule has 0 saturated heterocycles. The van der Waals surface area contributed by atoms with E-state index in [1.54, 1.807) is 18.2 Å². The first-order valence-corrected chi connectivity index (χ1v) is 17.3. The van der Waals surface area contributed by atoms with E-state index >= 15 is 0 Å². The van der Waals surface area contributed by atoms with Gasteiger partial charge in [0.2, 0.25) is 20.0 Å². The summed E-state index contributed by atoms with van der Waals surface area (Å²) in [5.41, 5.74) is -0.512. The molecule has 45 heavy (non-hydrogen) atoms. The van der Waals surface area contributed by atoms with Crippen LogP contribution in [0.2, 0.25) is 0 Å². The third-order valence-corrected chi connectivity index (χ3v) is 11.0. The molecule has 246 valence electrons. The lowest BCUT2D eigenvalue weighted by Crippen LogP contribution is -2.44. The average Bonchev–Trinajstić information content (AvgIpc) is 3.48. The summed E-state index contributed by atoms with van der Waals surface area (Å²) >= 11 is 0. The molecule has 0 amide bonds. The van der Waals surface area contributed by atoms with Gasteiger partial charge >= 0.3 is 0 Å². The van der Waals surface area contributed by atoms with Crippen LogP contribution in [0.1, 0.15) is 39.5 Å². The standard InChI is InChI=1S/C29H38N4O10S2/c1-4-7-20-30(44(38,39)27-16-12-23(13-17-27)32(34)35)25-10-11-26(22-25)31(21-8-9-29(42-5-2)43-6-3)45(40,41)28-18-14-24(15-19-28)33(36)37/h4,10-19,25-26,29H,1,5-9,20-22H2,2-3H3/t25-,26+/m1/s1. The number of nitrogens with zero attached hydrogens (tertiary/aromatic N) is 4. The second-order valence-electron chi connectivity index (χ2n) is 10.0. The molecule has 0 N–H and O–H groups in total. The monoisotopic (exact) mass is 666 g/mol. The van der Waals surface area contributed by atoms with Crippen molar-refractivity contribution in [3.8, 4) is 0 Å². The van der Waals surface area contributed by atoms with Crippen molar-refractivity contribution in [1.29, 1.82) is 0 Å². The first-order chi connectivity index (χ1) is 21.4. The van der Waals surface area contributed by atoms with Crippen LogP contribution in [0.25, 0.3) is 0 Å². The van der Waals surface area contributed by atoms with Crippen LogP contribution in [0, 0.1) is 20.2 Å². The molecule has 1 aliphatic rings. The summed E-state index contributed by atoms with van der Waals surface area (Å²) in [6, 6.07) is 7.68. The molecule has 0 fully saturated rings. The van der Waals surface area contributed by atoms with Gasteiger partial charge < -0.3 is 9.47 Å². The molecule has 0 spiro atoms. The number of nitro benzene ring substituents is 2. The van der Waals surface area contributed by atoms with Gasteiger partial charge in [-0.1, -0.05) is 18.2 Å². The van der Waals surface area contributed by atoms with E-state index in [0.717, 1.165) is 24.3 Å². The molecule has 0 saturated carbocycles. The molecule has 2 aromatic rings. The minimum atomic E-state index is -4.19. The van der Waals surface area contributed by atoms with Crippen molar-refractivity contribution in [1.82, 2.24) is 8.61 Å². The number of non-ortho nitro benzene ring substituents is 2. The van der Waals surface area contributed by atoms with E-state index in [4.69, 9.17) is 9.47 Å². The Kier molecular flexibility index (Phi) is 12.9. The van der Waals surface area contributed by atoms with Gasteiger partial charge in [-0.25, -0.2) is 16.8 Å². The third kappa shape index (κ3) is 9.02. The first-order valence-electron chi connectivity index (χ1n) is 14.4. The molecule has 14 nitrogen and oxygen atoms in total. The SMILES string of the molecule is C=CCCN([C@@H]1C=C[C@H](N(CCCC(OCC)OCC)S(=O)(=O)c2ccc([N+](=O)[O-])cc2)C1)S(=O)(=O)c1ccc([N+](=O)[O-])cc1. The van der Waals surface area contributed by atoms with Crippen LogP contribution in [0.5, 0.6) is 0 Å². The second kappa shape index (κ2) is 16.1. The molecule has 0 aliphatic heterocycles. The van der Waals surface area contributed by atoms with Crippen molar-refractivity contribution in [3.63, 3.8) is 0 Å². The van der Waals surface area contributed by atoms with Crippen molar-refractivity contribution in [2.45, 2.75) is 67.7 Å². The van der Waals surface area contributed by atoms with Gasteiger partial charge in [0.25, 0.3) is 11.4 Å². The number of benzene rings is 2. The highest BCUT2D eigenvalue weighted by Gasteiger charge is 2.39. The minimum Gasteiger partial charge on any atom is -0.353 e. The van der Waals surface area contributed by atoms with E-state index in [2.05, 4.69) is 6.58 Å². The summed E-state index contributed by atoms with van der Waals surface area (Å²) in [5, 5.41) is 22.2. The quantitative estimate of drug-likeness (QED) is 0.0887. The molecule has 0 radical (unpaired) electrons. The number of hydrogen-bond acceptors (Lipinski definition) is 10. The zero-order chi connectivity index (χ0) is 33.2. The predicted octanol–water partition coefficient (Wildman–Crippen LogP) is 4.64. The number of nitro groups is 2. The van der Waals surface area contributed by atoms with Crippen LogP contribution in [-0.2, 0) is 29.5 Å². The molecule has 0 bridgehead atoms. The van der Waals surface area contributed by atoms with E-state index in [1.807, 2.05) is 13.8 Å². The number of ether oxygens (including phenoxy) is 2. The maximum atomic E-state index is 13.9. The van der Waals surface area contributed by atoms with Crippen molar-refractivity contribution in [3.05, 3.63) is 93.6 Å². The van der Waals surface area contributed by atoms with Crippen molar-refractivity contribution >= 4 is 31.4 Å². The van der Waals surface area contributed by atoms with Crippen LogP contribution in [0.3, 0.4) is 0 Å². The number of sulfonamides is 2. The Balaban J connectivity index is 1.92. The normalized spacial score (nSPS) is 16.9. The molecular weight excluding hydrogens is 628 g/mol. The van der Waals surface area contributed by atoms with Gasteiger partial charge in [-0.15, -0.1) is 6.58 Å². The average molecular weight is 667 g/mol. The Hall–Kier alpha value is -3.54. The van der Waals surface area contributed by atoms with Crippen LogP contribution in [0.15, 0.2) is 83.1 Å². The number of rotatable bonds is 19. The minimum absolute atomic E-state index is 0.0411. The summed E-state index contributed by atoms with van der Waals surface area (Å²) in [5.74, 6) is 0. The van der Waals surface area contributed by atoms with Crippen molar-refractivity contribution in [2.75, 3.05) is 26.3 Å². The molecule has 2 atom stereocenters. The molecule has 0 heterocycles. The molecule has 16 heteroatoms. The van der Waals surface area contributed by atoms with Crippen LogP contribution in [-0.4, -0.2) is 80.0 Å². The summed E-state index contributed by atoms with van der Waals surface area (Å²) < 4.78 is 69.0. The van der Waals surface area contributed by atoms with Crippen LogP contribution in [0.4, 0.5) is 11.4 Å². The highest BCUT2D eigenvalue weighted by molar-refractivity contribution is 7.89. The first kappa shape index (κ1) is 35.9. The van der Waals surface area contributed by atoms with E-state index in [-0.39, 0.29) is 40.7 Å². The topological polar surface area (TPSA) is 179 Å². The largest absolute Gasteiger partial charge is 0.353 e. The van der Waals surface area contributed by atoms with Gasteiger partial charge in [0.05, 0.1) is 19.6 Å². The van der Waals surface area contributed by atoms with E-state index in [0.29, 0.717) is 32.5 Å². The molecule has 1 aliphatic carbocycles. The fourth-order valence-corrected chi connectivity index (χ4v) is 8.23. The molecule has 3 rings (SSSR count). The lowest BCUT2D eigenvalue weighted by atomic mass is 10.2. The molecule has 2 aromatic carbocycles. The molecular formula is C29H38N4O10S2.